The van der Waals surface area contributed by atoms with Gasteiger partial charge in [0, 0.05) is 22.1 Å². The molecule has 53 valence electrons. The third-order valence-electron chi connectivity index (χ3n) is 1.51. The number of nitrogens with zero attached hydrogens (tertiary/aromatic N) is 1. The monoisotopic (exact) mass is 206 g/mol. The van der Waals surface area contributed by atoms with Crippen molar-refractivity contribution in [3.05, 3.63) is 41.0 Å². The third-order valence-corrected chi connectivity index (χ3v) is 2.00. The minimum Gasteiger partial charge on any atom is -0.256 e. The minimum absolute atomic E-state index is 1.01. The van der Waals surface area contributed by atoms with Crippen LogP contribution >= 0.6 is 15.9 Å². The van der Waals surface area contributed by atoms with E-state index in [-0.39, 0.29) is 0 Å². The highest BCUT2D eigenvalue weighted by atomic mass is 79.9. The van der Waals surface area contributed by atoms with Crippen LogP contribution < -0.4 is 0 Å². The zero-order chi connectivity index (χ0) is 7.68. The van der Waals surface area contributed by atoms with Gasteiger partial charge in [0.1, 0.15) is 0 Å². The summed E-state index contributed by atoms with van der Waals surface area (Å²) in [6.45, 7) is 0. The summed E-state index contributed by atoms with van der Waals surface area (Å²) in [5.74, 6) is 0. The number of benzene rings is 1. The number of aromatic nitrogens is 1. The summed E-state index contributed by atoms with van der Waals surface area (Å²) < 4.78 is 1.08. The van der Waals surface area contributed by atoms with Crippen molar-refractivity contribution >= 4 is 26.8 Å². The molecule has 2 rings (SSSR count). The van der Waals surface area contributed by atoms with Crippen LogP contribution in [0.5, 0.6) is 0 Å². The van der Waals surface area contributed by atoms with Gasteiger partial charge in [0.25, 0.3) is 0 Å². The van der Waals surface area contributed by atoms with Crippen LogP contribution in [0.4, 0.5) is 0 Å². The average molecular weight is 207 g/mol. The highest BCUT2D eigenvalue weighted by Gasteiger charge is 1.92. The predicted molar refractivity (Wildman–Crippen MR) is 48.3 cm³/mol. The van der Waals surface area contributed by atoms with E-state index in [9.17, 15) is 0 Å². The van der Waals surface area contributed by atoms with E-state index < -0.39 is 0 Å². The average Bonchev–Trinajstić information content (AvgIpc) is 2.04. The van der Waals surface area contributed by atoms with Gasteiger partial charge in [-0.15, -0.1) is 0 Å². The molecule has 2 heteroatoms. The number of hydrogen-bond donors (Lipinski definition) is 0. The van der Waals surface area contributed by atoms with Crippen LogP contribution in [-0.4, -0.2) is 4.98 Å². The Morgan fingerprint density at radius 3 is 3.18 bits per heavy atom. The largest absolute Gasteiger partial charge is 0.256 e. The van der Waals surface area contributed by atoms with E-state index in [0.29, 0.717) is 0 Å². The summed E-state index contributed by atoms with van der Waals surface area (Å²) >= 11 is 3.39. The van der Waals surface area contributed by atoms with E-state index in [2.05, 4.69) is 27.0 Å². The van der Waals surface area contributed by atoms with Crippen molar-refractivity contribution in [3.8, 4) is 0 Å². The van der Waals surface area contributed by atoms with Crippen LogP contribution in [0, 0.1) is 6.07 Å². The molecule has 0 aliphatic heterocycles. The lowest BCUT2D eigenvalue weighted by Gasteiger charge is -1.94. The number of halogens is 1. The van der Waals surface area contributed by atoms with Crippen LogP contribution in [0.15, 0.2) is 34.9 Å². The van der Waals surface area contributed by atoms with Crippen molar-refractivity contribution in [2.75, 3.05) is 0 Å². The second-order valence-corrected chi connectivity index (χ2v) is 3.19. The maximum absolute atomic E-state index is 4.15. The molecule has 0 fully saturated rings. The van der Waals surface area contributed by atoms with Gasteiger partial charge in [-0.25, -0.2) is 0 Å². The van der Waals surface area contributed by atoms with Gasteiger partial charge in [0.05, 0.1) is 5.52 Å². The zero-order valence-electron chi connectivity index (χ0n) is 5.71. The molecule has 11 heavy (non-hydrogen) atoms. The Balaban J connectivity index is 2.83. The van der Waals surface area contributed by atoms with E-state index in [1.807, 2.05) is 24.3 Å². The Morgan fingerprint density at radius 1 is 1.36 bits per heavy atom. The first kappa shape index (κ1) is 6.80. The van der Waals surface area contributed by atoms with Gasteiger partial charge < -0.3 is 0 Å². The Bertz CT molecular complexity index is 384. The van der Waals surface area contributed by atoms with Gasteiger partial charge in [-0.05, 0) is 24.3 Å². The Kier molecular flexibility index (Phi) is 1.62. The van der Waals surface area contributed by atoms with Crippen molar-refractivity contribution in [2.24, 2.45) is 0 Å². The molecule has 0 atom stereocenters. The molecule has 0 aliphatic rings. The quantitative estimate of drug-likeness (QED) is 0.647. The molecule has 1 heterocycles. The Labute approximate surface area is 73.2 Å². The predicted octanol–water partition coefficient (Wildman–Crippen LogP) is 2.80. The highest BCUT2D eigenvalue weighted by Crippen LogP contribution is 2.16. The molecule has 1 aromatic carbocycles. The molecule has 2 aromatic rings. The van der Waals surface area contributed by atoms with Gasteiger partial charge >= 0.3 is 0 Å². The van der Waals surface area contributed by atoms with Crippen LogP contribution in [0.3, 0.4) is 0 Å². The molecule has 1 nitrogen and oxygen atoms in total. The lowest BCUT2D eigenvalue weighted by atomic mass is 10.2. The van der Waals surface area contributed by atoms with E-state index in [1.165, 1.54) is 0 Å². The summed E-state index contributed by atoms with van der Waals surface area (Å²) in [5, 5.41) is 1.11. The maximum Gasteiger partial charge on any atom is 0.0703 e. The van der Waals surface area contributed by atoms with Gasteiger partial charge in [-0.1, -0.05) is 15.9 Å². The molecular weight excluding hydrogens is 202 g/mol. The molecule has 1 aromatic heterocycles. The van der Waals surface area contributed by atoms with Crippen molar-refractivity contribution in [1.82, 2.24) is 4.98 Å². The summed E-state index contributed by atoms with van der Waals surface area (Å²) in [6, 6.07) is 10.8. The van der Waals surface area contributed by atoms with Crippen LogP contribution in [0.1, 0.15) is 0 Å². The van der Waals surface area contributed by atoms with Crippen molar-refractivity contribution < 1.29 is 0 Å². The maximum atomic E-state index is 4.15. The summed E-state index contributed by atoms with van der Waals surface area (Å²) in [6.07, 6.45) is 1.68. The minimum atomic E-state index is 1.01. The third kappa shape index (κ3) is 1.26. The fourth-order valence-corrected chi connectivity index (χ4v) is 1.37. The second kappa shape index (κ2) is 2.62. The van der Waals surface area contributed by atoms with Gasteiger partial charge in [0.15, 0.2) is 0 Å². The van der Waals surface area contributed by atoms with Crippen LogP contribution in [0.25, 0.3) is 10.9 Å². The van der Waals surface area contributed by atoms with Crippen molar-refractivity contribution in [1.29, 1.82) is 0 Å². The first-order chi connectivity index (χ1) is 5.36. The van der Waals surface area contributed by atoms with Crippen LogP contribution in [-0.2, 0) is 0 Å². The molecule has 0 saturated carbocycles. The SMILES string of the molecule is Brc1ccc2nc[c]cc2c1. The van der Waals surface area contributed by atoms with E-state index in [4.69, 9.17) is 0 Å². The molecule has 1 radical (unpaired) electrons. The lowest BCUT2D eigenvalue weighted by molar-refractivity contribution is 1.40. The first-order valence-corrected chi connectivity index (χ1v) is 4.07. The number of hydrogen-bond acceptors (Lipinski definition) is 1. The first-order valence-electron chi connectivity index (χ1n) is 3.27. The Hall–Kier alpha value is -0.890. The zero-order valence-corrected chi connectivity index (χ0v) is 7.30. The van der Waals surface area contributed by atoms with Crippen molar-refractivity contribution in [2.45, 2.75) is 0 Å². The van der Waals surface area contributed by atoms with Gasteiger partial charge in [-0.2, -0.15) is 0 Å². The number of rotatable bonds is 0. The van der Waals surface area contributed by atoms with E-state index in [1.54, 1.807) is 6.20 Å². The normalized spacial score (nSPS) is 10.3. The van der Waals surface area contributed by atoms with Crippen LogP contribution in [0.2, 0.25) is 0 Å². The standard InChI is InChI=1S/C9H5BrN/c10-8-3-4-9-7(6-8)2-1-5-11-9/h2-6H. The summed E-state index contributed by atoms with van der Waals surface area (Å²) in [4.78, 5) is 4.15. The number of fused-ring (bicyclic) bond motifs is 1. The molecule has 0 bridgehead atoms. The molecule has 0 saturated heterocycles. The topological polar surface area (TPSA) is 12.9 Å². The molecule has 0 N–H and O–H groups in total. The molecular formula is C9H5BrN. The highest BCUT2D eigenvalue weighted by molar-refractivity contribution is 9.10. The fourth-order valence-electron chi connectivity index (χ4n) is 0.992. The molecule has 0 amide bonds. The van der Waals surface area contributed by atoms with Crippen molar-refractivity contribution in [3.63, 3.8) is 0 Å². The summed E-state index contributed by atoms with van der Waals surface area (Å²) in [5.41, 5.74) is 1.01. The summed E-state index contributed by atoms with van der Waals surface area (Å²) in [7, 11) is 0. The molecule has 0 aliphatic carbocycles. The van der Waals surface area contributed by atoms with Gasteiger partial charge in [-0.3, -0.25) is 4.98 Å². The molecule has 0 spiro atoms. The smallest absolute Gasteiger partial charge is 0.0703 e. The molecule has 0 unspecified atom stereocenters. The van der Waals surface area contributed by atoms with Gasteiger partial charge in [0.2, 0.25) is 0 Å². The fraction of sp³-hybridized carbons (Fsp3) is 0. The number of pyridine rings is 1. The van der Waals surface area contributed by atoms with E-state index in [0.717, 1.165) is 15.4 Å². The lowest BCUT2D eigenvalue weighted by Crippen LogP contribution is -1.75. The Morgan fingerprint density at radius 2 is 2.27 bits per heavy atom. The van der Waals surface area contributed by atoms with E-state index >= 15 is 0 Å². The second-order valence-electron chi connectivity index (χ2n) is 2.27.